The molecule has 1 aromatic rings. The molecule has 0 aliphatic carbocycles. The molecule has 0 radical (unpaired) electrons. The highest BCUT2D eigenvalue weighted by atomic mass is 16.6. The summed E-state index contributed by atoms with van der Waals surface area (Å²) in [5.41, 5.74) is 12.1. The van der Waals surface area contributed by atoms with Crippen LogP contribution in [0.4, 0.5) is 0 Å². The summed E-state index contributed by atoms with van der Waals surface area (Å²) in [6, 6.07) is 4.87. The third-order valence-corrected chi connectivity index (χ3v) is 2.12. The van der Waals surface area contributed by atoms with E-state index in [0.717, 1.165) is 5.56 Å². The Balaban J connectivity index is 3.01. The van der Waals surface area contributed by atoms with Crippen molar-refractivity contribution < 1.29 is 14.3 Å². The molecule has 4 N–H and O–H groups in total. The van der Waals surface area contributed by atoms with E-state index in [1.807, 2.05) is 0 Å². The van der Waals surface area contributed by atoms with E-state index < -0.39 is 5.97 Å². The number of hydrogen-bond acceptors (Lipinski definition) is 5. The van der Waals surface area contributed by atoms with Gasteiger partial charge in [0.25, 0.3) is 0 Å². The van der Waals surface area contributed by atoms with Crippen LogP contribution < -0.4 is 20.9 Å². The number of ether oxygens (including phenoxy) is 2. The van der Waals surface area contributed by atoms with Crippen LogP contribution in [0.3, 0.4) is 0 Å². The third kappa shape index (κ3) is 2.95. The van der Waals surface area contributed by atoms with Crippen molar-refractivity contribution in [1.82, 2.24) is 0 Å². The Kier molecular flexibility index (Phi) is 4.28. The molecule has 1 aromatic carbocycles. The van der Waals surface area contributed by atoms with Crippen LogP contribution in [-0.2, 0) is 4.79 Å². The maximum Gasteiger partial charge on any atom is 0.308 e. The van der Waals surface area contributed by atoms with Crippen molar-refractivity contribution in [1.29, 1.82) is 0 Å². The standard InChI is InChI=1S/C11H16N2O3/c1-7(14)16-10-4-3-8(9(13)6-12)5-11(10)15-2/h3-5,9H,6,12-13H2,1-2H3/t9-/m1/s1. The van der Waals surface area contributed by atoms with Gasteiger partial charge in [-0.15, -0.1) is 0 Å². The Morgan fingerprint density at radius 3 is 2.62 bits per heavy atom. The molecule has 0 unspecified atom stereocenters. The normalized spacial score (nSPS) is 12.0. The van der Waals surface area contributed by atoms with Gasteiger partial charge in [-0.25, -0.2) is 0 Å². The molecule has 88 valence electrons. The molecule has 0 spiro atoms. The lowest BCUT2D eigenvalue weighted by atomic mass is 10.1. The molecule has 0 aromatic heterocycles. The summed E-state index contributed by atoms with van der Waals surface area (Å²) in [4.78, 5) is 10.8. The van der Waals surface area contributed by atoms with Crippen LogP contribution >= 0.6 is 0 Å². The maximum atomic E-state index is 10.8. The van der Waals surface area contributed by atoms with Gasteiger partial charge in [0.2, 0.25) is 0 Å². The molecule has 1 rings (SSSR count). The number of nitrogens with two attached hydrogens (primary N) is 2. The highest BCUT2D eigenvalue weighted by Crippen LogP contribution is 2.29. The summed E-state index contributed by atoms with van der Waals surface area (Å²) in [6.07, 6.45) is 0. The molecule has 5 heteroatoms. The molecule has 0 aliphatic rings. The van der Waals surface area contributed by atoms with Crippen LogP contribution in [0.5, 0.6) is 11.5 Å². The first-order valence-corrected chi connectivity index (χ1v) is 4.90. The Morgan fingerprint density at radius 2 is 2.12 bits per heavy atom. The summed E-state index contributed by atoms with van der Waals surface area (Å²) in [6.45, 7) is 1.68. The summed E-state index contributed by atoms with van der Waals surface area (Å²) < 4.78 is 10.1. The Morgan fingerprint density at radius 1 is 1.44 bits per heavy atom. The zero-order valence-electron chi connectivity index (χ0n) is 9.40. The van der Waals surface area contributed by atoms with Crippen LogP contribution in [0.1, 0.15) is 18.5 Å². The molecule has 0 heterocycles. The van der Waals surface area contributed by atoms with E-state index in [1.54, 1.807) is 18.2 Å². The molecule has 0 fully saturated rings. The van der Waals surface area contributed by atoms with Crippen molar-refractivity contribution in [2.45, 2.75) is 13.0 Å². The Bertz CT molecular complexity index is 379. The summed E-state index contributed by atoms with van der Waals surface area (Å²) in [5, 5.41) is 0. The van der Waals surface area contributed by atoms with E-state index in [1.165, 1.54) is 14.0 Å². The average molecular weight is 224 g/mol. The van der Waals surface area contributed by atoms with Gasteiger partial charge in [-0.05, 0) is 17.7 Å². The highest BCUT2D eigenvalue weighted by Gasteiger charge is 2.11. The number of hydrogen-bond donors (Lipinski definition) is 2. The van der Waals surface area contributed by atoms with Crippen molar-refractivity contribution in [3.8, 4) is 11.5 Å². The fraction of sp³-hybridized carbons (Fsp3) is 0.364. The lowest BCUT2D eigenvalue weighted by Crippen LogP contribution is -2.20. The van der Waals surface area contributed by atoms with Crippen molar-refractivity contribution in [3.63, 3.8) is 0 Å². The highest BCUT2D eigenvalue weighted by molar-refractivity contribution is 5.70. The van der Waals surface area contributed by atoms with Crippen LogP contribution in [0, 0.1) is 0 Å². The molecule has 16 heavy (non-hydrogen) atoms. The first kappa shape index (κ1) is 12.5. The second kappa shape index (κ2) is 5.48. The van der Waals surface area contributed by atoms with Gasteiger partial charge in [-0.2, -0.15) is 0 Å². The van der Waals surface area contributed by atoms with Gasteiger partial charge in [-0.3, -0.25) is 4.79 Å². The molecular weight excluding hydrogens is 208 g/mol. The molecule has 0 amide bonds. The third-order valence-electron chi connectivity index (χ3n) is 2.12. The van der Waals surface area contributed by atoms with Crippen LogP contribution in [0.15, 0.2) is 18.2 Å². The maximum absolute atomic E-state index is 10.8. The molecule has 0 saturated heterocycles. The SMILES string of the molecule is COc1cc([C@H](N)CN)ccc1OC(C)=O. The van der Waals surface area contributed by atoms with Gasteiger partial charge < -0.3 is 20.9 Å². The van der Waals surface area contributed by atoms with Gasteiger partial charge in [0.05, 0.1) is 7.11 Å². The average Bonchev–Trinajstić information content (AvgIpc) is 2.27. The zero-order chi connectivity index (χ0) is 12.1. The smallest absolute Gasteiger partial charge is 0.308 e. The van der Waals surface area contributed by atoms with Crippen molar-refractivity contribution in [2.75, 3.05) is 13.7 Å². The van der Waals surface area contributed by atoms with Gasteiger partial charge >= 0.3 is 5.97 Å². The minimum atomic E-state index is -0.394. The van der Waals surface area contributed by atoms with E-state index in [0.29, 0.717) is 18.0 Å². The summed E-state index contributed by atoms with van der Waals surface area (Å²) in [5.74, 6) is 0.453. The summed E-state index contributed by atoms with van der Waals surface area (Å²) >= 11 is 0. The lowest BCUT2D eigenvalue weighted by molar-refractivity contribution is -0.132. The predicted molar refractivity (Wildman–Crippen MR) is 60.3 cm³/mol. The van der Waals surface area contributed by atoms with Gasteiger partial charge in [0, 0.05) is 19.5 Å². The zero-order valence-corrected chi connectivity index (χ0v) is 9.40. The van der Waals surface area contributed by atoms with Gasteiger partial charge in [0.15, 0.2) is 11.5 Å². The lowest BCUT2D eigenvalue weighted by Gasteiger charge is -2.13. The fourth-order valence-corrected chi connectivity index (χ4v) is 1.29. The minimum Gasteiger partial charge on any atom is -0.493 e. The number of benzene rings is 1. The number of rotatable bonds is 4. The van der Waals surface area contributed by atoms with Crippen LogP contribution in [0.25, 0.3) is 0 Å². The molecular formula is C11H16N2O3. The summed E-state index contributed by atoms with van der Waals surface area (Å²) in [7, 11) is 1.50. The van der Waals surface area contributed by atoms with Crippen LogP contribution in [0.2, 0.25) is 0 Å². The first-order valence-electron chi connectivity index (χ1n) is 4.90. The topological polar surface area (TPSA) is 87.6 Å². The first-order chi connectivity index (χ1) is 7.58. The largest absolute Gasteiger partial charge is 0.493 e. The monoisotopic (exact) mass is 224 g/mol. The van der Waals surface area contributed by atoms with E-state index >= 15 is 0 Å². The predicted octanol–water partition coefficient (Wildman–Crippen LogP) is 0.579. The molecule has 0 bridgehead atoms. The molecule has 0 saturated carbocycles. The van der Waals surface area contributed by atoms with Crippen LogP contribution in [-0.4, -0.2) is 19.6 Å². The van der Waals surface area contributed by atoms with E-state index in [9.17, 15) is 4.79 Å². The van der Waals surface area contributed by atoms with Crippen molar-refractivity contribution >= 4 is 5.97 Å². The molecule has 5 nitrogen and oxygen atoms in total. The van der Waals surface area contributed by atoms with Gasteiger partial charge in [-0.1, -0.05) is 6.07 Å². The number of esters is 1. The van der Waals surface area contributed by atoms with E-state index in [-0.39, 0.29) is 6.04 Å². The quantitative estimate of drug-likeness (QED) is 0.577. The number of carbonyl (C=O) groups is 1. The molecule has 1 atom stereocenters. The van der Waals surface area contributed by atoms with E-state index in [2.05, 4.69) is 0 Å². The number of methoxy groups -OCH3 is 1. The van der Waals surface area contributed by atoms with Gasteiger partial charge in [0.1, 0.15) is 0 Å². The van der Waals surface area contributed by atoms with E-state index in [4.69, 9.17) is 20.9 Å². The minimum absolute atomic E-state index is 0.250. The fourth-order valence-electron chi connectivity index (χ4n) is 1.29. The number of carbonyl (C=O) groups excluding carboxylic acids is 1. The Hall–Kier alpha value is -1.59. The Labute approximate surface area is 94.3 Å². The molecule has 0 aliphatic heterocycles. The second-order valence-electron chi connectivity index (χ2n) is 3.35. The second-order valence-corrected chi connectivity index (χ2v) is 3.35. The van der Waals surface area contributed by atoms with Crippen molar-refractivity contribution in [3.05, 3.63) is 23.8 Å². The van der Waals surface area contributed by atoms with Crippen molar-refractivity contribution in [2.24, 2.45) is 11.5 Å².